The Morgan fingerprint density at radius 3 is 2.68 bits per heavy atom. The summed E-state index contributed by atoms with van der Waals surface area (Å²) >= 11 is 0. The summed E-state index contributed by atoms with van der Waals surface area (Å²) in [6.45, 7) is 5.44. The highest BCUT2D eigenvalue weighted by Gasteiger charge is 2.35. The SMILES string of the molecule is CCc1ccc(CCC(=O)Nc2ccc3c(c2)NC(=O)C(C)(C)O3)o1. The summed E-state index contributed by atoms with van der Waals surface area (Å²) in [6.07, 6.45) is 1.71. The van der Waals surface area contributed by atoms with Crippen LogP contribution in [0.5, 0.6) is 5.75 Å². The van der Waals surface area contributed by atoms with Gasteiger partial charge in [-0.1, -0.05) is 6.92 Å². The van der Waals surface area contributed by atoms with Crippen molar-refractivity contribution in [1.29, 1.82) is 0 Å². The highest BCUT2D eigenvalue weighted by Crippen LogP contribution is 2.35. The number of furan rings is 1. The largest absolute Gasteiger partial charge is 0.476 e. The molecule has 0 aliphatic carbocycles. The molecule has 1 aliphatic rings. The Bertz CT molecular complexity index is 808. The number of nitrogens with one attached hydrogen (secondary N) is 2. The fourth-order valence-corrected chi connectivity index (χ4v) is 2.60. The van der Waals surface area contributed by atoms with Crippen LogP contribution < -0.4 is 15.4 Å². The number of hydrogen-bond donors (Lipinski definition) is 2. The number of benzene rings is 1. The van der Waals surface area contributed by atoms with Gasteiger partial charge < -0.3 is 19.8 Å². The smallest absolute Gasteiger partial charge is 0.268 e. The Balaban J connectivity index is 1.60. The van der Waals surface area contributed by atoms with Crippen molar-refractivity contribution in [2.75, 3.05) is 10.6 Å². The van der Waals surface area contributed by atoms with Gasteiger partial charge in [-0.05, 0) is 44.2 Å². The van der Waals surface area contributed by atoms with Gasteiger partial charge in [-0.2, -0.15) is 0 Å². The van der Waals surface area contributed by atoms with Crippen molar-refractivity contribution in [2.45, 2.75) is 45.6 Å². The first kappa shape index (κ1) is 17.1. The van der Waals surface area contributed by atoms with Crippen molar-refractivity contribution >= 4 is 23.2 Å². The average molecular weight is 342 g/mol. The second-order valence-corrected chi connectivity index (χ2v) is 6.55. The lowest BCUT2D eigenvalue weighted by Gasteiger charge is -2.31. The van der Waals surface area contributed by atoms with Crippen LogP contribution in [0.25, 0.3) is 0 Å². The molecule has 132 valence electrons. The summed E-state index contributed by atoms with van der Waals surface area (Å²) in [5.74, 6) is 1.99. The molecule has 1 aromatic heterocycles. The molecule has 2 amide bonds. The van der Waals surface area contributed by atoms with Gasteiger partial charge in [-0.15, -0.1) is 0 Å². The minimum atomic E-state index is -0.905. The molecule has 3 rings (SSSR count). The Labute approximate surface area is 146 Å². The first-order valence-electron chi connectivity index (χ1n) is 8.39. The molecule has 0 bridgehead atoms. The molecule has 0 unspecified atom stereocenters. The number of ether oxygens (including phenoxy) is 1. The zero-order valence-electron chi connectivity index (χ0n) is 14.6. The highest BCUT2D eigenvalue weighted by atomic mass is 16.5. The first-order valence-corrected chi connectivity index (χ1v) is 8.39. The lowest BCUT2D eigenvalue weighted by molar-refractivity contribution is -0.129. The molecule has 2 heterocycles. The molecule has 25 heavy (non-hydrogen) atoms. The van der Waals surface area contributed by atoms with Gasteiger partial charge in [0, 0.05) is 24.9 Å². The highest BCUT2D eigenvalue weighted by molar-refractivity contribution is 6.01. The molecule has 2 aromatic rings. The monoisotopic (exact) mass is 342 g/mol. The lowest BCUT2D eigenvalue weighted by atomic mass is 10.1. The van der Waals surface area contributed by atoms with E-state index >= 15 is 0 Å². The van der Waals surface area contributed by atoms with E-state index in [1.165, 1.54) is 0 Å². The average Bonchev–Trinajstić information content (AvgIpc) is 3.02. The Morgan fingerprint density at radius 1 is 1.20 bits per heavy atom. The Kier molecular flexibility index (Phi) is 4.53. The quantitative estimate of drug-likeness (QED) is 0.871. The minimum Gasteiger partial charge on any atom is -0.476 e. The maximum atomic E-state index is 12.1. The second kappa shape index (κ2) is 6.63. The Hall–Kier alpha value is -2.76. The molecule has 1 aromatic carbocycles. The van der Waals surface area contributed by atoms with Crippen LogP contribution in [-0.2, 0) is 22.4 Å². The maximum Gasteiger partial charge on any atom is 0.268 e. The van der Waals surface area contributed by atoms with Crippen molar-refractivity contribution in [1.82, 2.24) is 0 Å². The zero-order valence-corrected chi connectivity index (χ0v) is 14.6. The molecule has 6 nitrogen and oxygen atoms in total. The third-order valence-electron chi connectivity index (χ3n) is 4.09. The standard InChI is InChI=1S/C19H22N2O4/c1-4-13-6-7-14(24-13)8-10-17(22)20-12-5-9-16-15(11-12)21-18(23)19(2,3)25-16/h5-7,9,11H,4,8,10H2,1-3H3,(H,20,22)(H,21,23). The van der Waals surface area contributed by atoms with Gasteiger partial charge >= 0.3 is 0 Å². The van der Waals surface area contributed by atoms with Crippen LogP contribution in [0.3, 0.4) is 0 Å². The van der Waals surface area contributed by atoms with Crippen LogP contribution in [0.2, 0.25) is 0 Å². The van der Waals surface area contributed by atoms with Gasteiger partial charge in [0.05, 0.1) is 5.69 Å². The van der Waals surface area contributed by atoms with Crippen LogP contribution in [0.15, 0.2) is 34.7 Å². The molecular formula is C19H22N2O4. The van der Waals surface area contributed by atoms with E-state index in [9.17, 15) is 9.59 Å². The van der Waals surface area contributed by atoms with E-state index in [2.05, 4.69) is 10.6 Å². The maximum absolute atomic E-state index is 12.1. The molecule has 0 spiro atoms. The van der Waals surface area contributed by atoms with E-state index in [1.807, 2.05) is 19.1 Å². The predicted octanol–water partition coefficient (Wildman–Crippen LogP) is 3.52. The van der Waals surface area contributed by atoms with E-state index < -0.39 is 5.60 Å². The number of amides is 2. The number of fused-ring (bicyclic) bond motifs is 1. The van der Waals surface area contributed by atoms with Crippen molar-refractivity contribution in [3.8, 4) is 5.75 Å². The first-order chi connectivity index (χ1) is 11.9. The summed E-state index contributed by atoms with van der Waals surface area (Å²) < 4.78 is 11.3. The molecule has 0 radical (unpaired) electrons. The number of anilines is 2. The molecule has 6 heteroatoms. The van der Waals surface area contributed by atoms with Gasteiger partial charge in [-0.25, -0.2) is 0 Å². The van der Waals surface area contributed by atoms with Crippen LogP contribution >= 0.6 is 0 Å². The van der Waals surface area contributed by atoms with Gasteiger partial charge in [0.1, 0.15) is 17.3 Å². The van der Waals surface area contributed by atoms with Gasteiger partial charge in [0.15, 0.2) is 5.60 Å². The fraction of sp³-hybridized carbons (Fsp3) is 0.368. The number of aryl methyl sites for hydroxylation is 2. The molecular weight excluding hydrogens is 320 g/mol. The predicted molar refractivity (Wildman–Crippen MR) is 94.8 cm³/mol. The Morgan fingerprint density at radius 2 is 1.96 bits per heavy atom. The van der Waals surface area contributed by atoms with Crippen molar-refractivity contribution in [3.05, 3.63) is 41.9 Å². The van der Waals surface area contributed by atoms with Crippen LogP contribution in [0.4, 0.5) is 11.4 Å². The number of hydrogen-bond acceptors (Lipinski definition) is 4. The summed E-state index contributed by atoms with van der Waals surface area (Å²) in [5.41, 5.74) is 0.264. The molecule has 0 fully saturated rings. The van der Waals surface area contributed by atoms with Crippen LogP contribution in [-0.4, -0.2) is 17.4 Å². The second-order valence-electron chi connectivity index (χ2n) is 6.55. The normalized spacial score (nSPS) is 15.1. The number of carbonyl (C=O) groups is 2. The van der Waals surface area contributed by atoms with Crippen LogP contribution in [0.1, 0.15) is 38.7 Å². The van der Waals surface area contributed by atoms with E-state index in [4.69, 9.17) is 9.15 Å². The van der Waals surface area contributed by atoms with Crippen molar-refractivity contribution in [3.63, 3.8) is 0 Å². The van der Waals surface area contributed by atoms with Gasteiger partial charge in [0.2, 0.25) is 5.91 Å². The summed E-state index contributed by atoms with van der Waals surface area (Å²) in [7, 11) is 0. The third-order valence-corrected chi connectivity index (χ3v) is 4.09. The van der Waals surface area contributed by atoms with Crippen molar-refractivity contribution < 1.29 is 18.7 Å². The van der Waals surface area contributed by atoms with E-state index in [-0.39, 0.29) is 11.8 Å². The molecule has 0 saturated heterocycles. The number of carbonyl (C=O) groups excluding carboxylic acids is 2. The van der Waals surface area contributed by atoms with E-state index in [0.29, 0.717) is 30.0 Å². The molecule has 0 atom stereocenters. The molecule has 2 N–H and O–H groups in total. The molecule has 0 saturated carbocycles. The zero-order chi connectivity index (χ0) is 18.0. The van der Waals surface area contributed by atoms with Crippen LogP contribution in [0, 0.1) is 0 Å². The minimum absolute atomic E-state index is 0.113. The van der Waals surface area contributed by atoms with Crippen molar-refractivity contribution in [2.24, 2.45) is 0 Å². The van der Waals surface area contributed by atoms with E-state index in [0.717, 1.165) is 17.9 Å². The third kappa shape index (κ3) is 3.84. The lowest BCUT2D eigenvalue weighted by Crippen LogP contribution is -2.45. The fourth-order valence-electron chi connectivity index (χ4n) is 2.60. The summed E-state index contributed by atoms with van der Waals surface area (Å²) in [6, 6.07) is 9.03. The van der Waals surface area contributed by atoms with Gasteiger partial charge in [0.25, 0.3) is 5.91 Å². The summed E-state index contributed by atoms with van der Waals surface area (Å²) in [4.78, 5) is 24.1. The summed E-state index contributed by atoms with van der Waals surface area (Å²) in [5, 5.41) is 5.63. The van der Waals surface area contributed by atoms with Gasteiger partial charge in [-0.3, -0.25) is 9.59 Å². The topological polar surface area (TPSA) is 80.6 Å². The molecule has 1 aliphatic heterocycles. The number of rotatable bonds is 5. The van der Waals surface area contributed by atoms with E-state index in [1.54, 1.807) is 32.0 Å².